The molecule has 0 heterocycles. The van der Waals surface area contributed by atoms with Gasteiger partial charge in [0.25, 0.3) is 0 Å². The zero-order valence-electron chi connectivity index (χ0n) is 6.39. The highest BCUT2D eigenvalue weighted by Crippen LogP contribution is 2.42. The van der Waals surface area contributed by atoms with E-state index in [0.717, 1.165) is 6.42 Å². The van der Waals surface area contributed by atoms with Crippen LogP contribution < -0.4 is 0 Å². The van der Waals surface area contributed by atoms with Gasteiger partial charge in [-0.1, -0.05) is 6.92 Å². The quantitative estimate of drug-likeness (QED) is 0.575. The van der Waals surface area contributed by atoms with Gasteiger partial charge in [-0.25, -0.2) is 0 Å². The van der Waals surface area contributed by atoms with E-state index < -0.39 is 7.37 Å². The Labute approximate surface area is 57.1 Å². The molecule has 1 unspecified atom stereocenters. The van der Waals surface area contributed by atoms with E-state index in [9.17, 15) is 4.57 Å². The molecule has 0 aromatic heterocycles. The molecule has 0 spiro atoms. The summed E-state index contributed by atoms with van der Waals surface area (Å²) < 4.78 is 16.2. The lowest BCUT2D eigenvalue weighted by atomic mass is 10.6. The summed E-state index contributed by atoms with van der Waals surface area (Å²) >= 11 is 0. The maximum absolute atomic E-state index is 11.2. The molecule has 0 saturated carbocycles. The third-order valence-electron chi connectivity index (χ3n) is 1.03. The van der Waals surface area contributed by atoms with Crippen molar-refractivity contribution in [3.63, 3.8) is 0 Å². The van der Waals surface area contributed by atoms with E-state index in [1.807, 2.05) is 13.8 Å². The van der Waals surface area contributed by atoms with Gasteiger partial charge in [-0.2, -0.15) is 0 Å². The molecule has 0 aliphatic rings. The third kappa shape index (κ3) is 4.68. The largest absolute Gasteiger partial charge is 0.329 e. The highest BCUT2D eigenvalue weighted by molar-refractivity contribution is 7.58. The molecule has 0 fully saturated rings. The molecule has 0 saturated heterocycles. The molecule has 9 heavy (non-hydrogen) atoms. The molecule has 0 radical (unpaired) electrons. The first-order valence-electron chi connectivity index (χ1n) is 3.33. The van der Waals surface area contributed by atoms with Crippen molar-refractivity contribution < 1.29 is 9.09 Å². The normalized spacial score (nSPS) is 17.2. The Morgan fingerprint density at radius 3 is 2.33 bits per heavy atom. The van der Waals surface area contributed by atoms with Crippen LogP contribution in [0.1, 0.15) is 20.3 Å². The highest BCUT2D eigenvalue weighted by atomic mass is 31.2. The van der Waals surface area contributed by atoms with Crippen LogP contribution in [0.15, 0.2) is 0 Å². The van der Waals surface area contributed by atoms with E-state index in [2.05, 4.69) is 0 Å². The lowest BCUT2D eigenvalue weighted by Gasteiger charge is -2.09. The predicted octanol–water partition coefficient (Wildman–Crippen LogP) is 2.34. The van der Waals surface area contributed by atoms with Crippen LogP contribution in [0, 0.1) is 0 Å². The van der Waals surface area contributed by atoms with Crippen LogP contribution in [-0.4, -0.2) is 19.4 Å². The van der Waals surface area contributed by atoms with Crippen molar-refractivity contribution in [3.8, 4) is 0 Å². The second kappa shape index (κ2) is 4.08. The van der Waals surface area contributed by atoms with Gasteiger partial charge in [0.05, 0.1) is 6.61 Å². The highest BCUT2D eigenvalue weighted by Gasteiger charge is 2.11. The Kier molecular flexibility index (Phi) is 4.16. The van der Waals surface area contributed by atoms with E-state index in [4.69, 9.17) is 4.52 Å². The summed E-state index contributed by atoms with van der Waals surface area (Å²) in [7, 11) is -2.19. The molecule has 1 atom stereocenters. The summed E-state index contributed by atoms with van der Waals surface area (Å²) in [5.74, 6) is 0. The maximum Gasteiger partial charge on any atom is 0.200 e. The molecule has 0 amide bonds. The summed E-state index contributed by atoms with van der Waals surface area (Å²) in [5, 5.41) is 0. The first-order chi connectivity index (χ1) is 4.12. The molecule has 0 aliphatic heterocycles. The number of hydrogen-bond donors (Lipinski definition) is 0. The van der Waals surface area contributed by atoms with Crippen LogP contribution in [0.2, 0.25) is 0 Å². The Bertz CT molecular complexity index is 102. The lowest BCUT2D eigenvalue weighted by molar-refractivity contribution is 0.337. The van der Waals surface area contributed by atoms with E-state index in [1.54, 1.807) is 6.66 Å². The minimum atomic E-state index is -2.19. The van der Waals surface area contributed by atoms with Gasteiger partial charge >= 0.3 is 0 Å². The van der Waals surface area contributed by atoms with Gasteiger partial charge in [0.15, 0.2) is 7.37 Å². The fourth-order valence-electron chi connectivity index (χ4n) is 0.744. The fourth-order valence-corrected chi connectivity index (χ4v) is 2.23. The standard InChI is InChI=1S/C6H15O2P/c1-4-6-9(3,7)8-5-2/h4-6H2,1-3H3. The van der Waals surface area contributed by atoms with Gasteiger partial charge in [0, 0.05) is 12.8 Å². The SMILES string of the molecule is CCCP(C)(=O)OCC. The second-order valence-electron chi connectivity index (χ2n) is 2.16. The smallest absolute Gasteiger partial charge is 0.200 e. The summed E-state index contributed by atoms with van der Waals surface area (Å²) in [6, 6.07) is 0. The molecule has 3 heteroatoms. The van der Waals surface area contributed by atoms with Crippen molar-refractivity contribution in [2.75, 3.05) is 19.4 Å². The molecule has 56 valence electrons. The van der Waals surface area contributed by atoms with E-state index >= 15 is 0 Å². The average Bonchev–Trinajstić information content (AvgIpc) is 1.64. The van der Waals surface area contributed by atoms with Gasteiger partial charge in [-0.15, -0.1) is 0 Å². The molecule has 0 rings (SSSR count). The minimum absolute atomic E-state index is 0.563. The molecule has 0 aromatic rings. The summed E-state index contributed by atoms with van der Waals surface area (Å²) in [6.07, 6.45) is 1.65. The zero-order chi connectivity index (χ0) is 7.33. The van der Waals surface area contributed by atoms with Gasteiger partial charge in [0.2, 0.25) is 0 Å². The first-order valence-corrected chi connectivity index (χ1v) is 5.59. The van der Waals surface area contributed by atoms with Crippen molar-refractivity contribution in [1.82, 2.24) is 0 Å². The van der Waals surface area contributed by atoms with E-state index in [1.165, 1.54) is 0 Å². The van der Waals surface area contributed by atoms with Gasteiger partial charge < -0.3 is 4.52 Å². The van der Waals surface area contributed by atoms with Crippen molar-refractivity contribution >= 4 is 7.37 Å². The van der Waals surface area contributed by atoms with Crippen LogP contribution in [0.3, 0.4) is 0 Å². The van der Waals surface area contributed by atoms with Crippen LogP contribution in [-0.2, 0) is 9.09 Å². The summed E-state index contributed by atoms with van der Waals surface area (Å²) in [4.78, 5) is 0. The molecule has 0 aliphatic carbocycles. The Morgan fingerprint density at radius 1 is 1.44 bits per heavy atom. The monoisotopic (exact) mass is 150 g/mol. The Morgan fingerprint density at radius 2 is 2.00 bits per heavy atom. The van der Waals surface area contributed by atoms with Crippen molar-refractivity contribution in [3.05, 3.63) is 0 Å². The minimum Gasteiger partial charge on any atom is -0.329 e. The molecule has 0 bridgehead atoms. The molecule has 0 aromatic carbocycles. The predicted molar refractivity (Wildman–Crippen MR) is 40.3 cm³/mol. The average molecular weight is 150 g/mol. The lowest BCUT2D eigenvalue weighted by Crippen LogP contribution is -1.91. The van der Waals surface area contributed by atoms with Gasteiger partial charge in [-0.05, 0) is 13.3 Å². The fraction of sp³-hybridized carbons (Fsp3) is 1.00. The Balaban J connectivity index is 3.58. The third-order valence-corrected chi connectivity index (χ3v) is 3.10. The van der Waals surface area contributed by atoms with Crippen LogP contribution in [0.5, 0.6) is 0 Å². The zero-order valence-corrected chi connectivity index (χ0v) is 7.28. The molecule has 2 nitrogen and oxygen atoms in total. The molecule has 0 N–H and O–H groups in total. The van der Waals surface area contributed by atoms with Crippen LogP contribution in [0.4, 0.5) is 0 Å². The second-order valence-corrected chi connectivity index (χ2v) is 4.89. The topological polar surface area (TPSA) is 26.3 Å². The van der Waals surface area contributed by atoms with Crippen LogP contribution in [0.25, 0.3) is 0 Å². The Hall–Kier alpha value is 0.190. The van der Waals surface area contributed by atoms with Crippen molar-refractivity contribution in [2.24, 2.45) is 0 Å². The summed E-state index contributed by atoms with van der Waals surface area (Å²) in [6.45, 7) is 6.13. The van der Waals surface area contributed by atoms with Gasteiger partial charge in [-0.3, -0.25) is 4.57 Å². The number of hydrogen-bond acceptors (Lipinski definition) is 2. The van der Waals surface area contributed by atoms with Gasteiger partial charge in [0.1, 0.15) is 0 Å². The van der Waals surface area contributed by atoms with E-state index in [0.29, 0.717) is 12.8 Å². The number of rotatable bonds is 4. The van der Waals surface area contributed by atoms with Crippen molar-refractivity contribution in [1.29, 1.82) is 0 Å². The maximum atomic E-state index is 11.2. The first kappa shape index (κ1) is 9.19. The van der Waals surface area contributed by atoms with E-state index in [-0.39, 0.29) is 0 Å². The van der Waals surface area contributed by atoms with Crippen LogP contribution >= 0.6 is 7.37 Å². The molecular weight excluding hydrogens is 135 g/mol. The van der Waals surface area contributed by atoms with Crippen molar-refractivity contribution in [2.45, 2.75) is 20.3 Å². The summed E-state index contributed by atoms with van der Waals surface area (Å²) in [5.41, 5.74) is 0. The molecular formula is C6H15O2P.